The van der Waals surface area contributed by atoms with Crippen LogP contribution in [0.15, 0.2) is 48.9 Å². The van der Waals surface area contributed by atoms with Gasteiger partial charge in [0.25, 0.3) is 17.7 Å². The zero-order chi connectivity index (χ0) is 46.1. The molecule has 1 aromatic carbocycles. The topological polar surface area (TPSA) is 187 Å². The van der Waals surface area contributed by atoms with Crippen LogP contribution in [0.1, 0.15) is 115 Å². The number of pyridine rings is 1. The smallest absolute Gasteiger partial charge is 0.262 e. The summed E-state index contributed by atoms with van der Waals surface area (Å²) in [5.41, 5.74) is 3.02. The van der Waals surface area contributed by atoms with Gasteiger partial charge in [0, 0.05) is 94.1 Å². The molecule has 17 nitrogen and oxygen atoms in total. The second kappa shape index (κ2) is 19.5. The number of methoxy groups -OCH3 is 1. The fourth-order valence-corrected chi connectivity index (χ4v) is 10.3. The van der Waals surface area contributed by atoms with Gasteiger partial charge in [-0.1, -0.05) is 12.8 Å². The number of carbonyl (C=O) groups is 5. The molecule has 0 saturated carbocycles. The first kappa shape index (κ1) is 45.2. The quantitative estimate of drug-likeness (QED) is 0.108. The number of benzene rings is 1. The molecule has 3 aromatic heterocycles. The molecule has 0 bridgehead atoms. The third-order valence-electron chi connectivity index (χ3n) is 14.1. The van der Waals surface area contributed by atoms with Crippen molar-refractivity contribution in [2.75, 3.05) is 68.0 Å². The monoisotopic (exact) mass is 905 g/mol. The molecule has 4 aromatic rings. The average molecular weight is 906 g/mol. The SMILES string of the molecule is CO[C@H]1CCN(c2nccc(Nc3cc4c(cn3)c(C(=O)NC3CCN(CCCCC5CCN(c6ccc7c(c6)C(=O)N(C6CCC(=O)NC6=O)C7=O)CC5)CC3)cn4C(C)C)n2)C[C@H]1F. The number of unbranched alkanes of at least 4 members (excludes halogenated alkanes) is 1. The van der Waals surface area contributed by atoms with Gasteiger partial charge in [0.05, 0.1) is 34.9 Å². The van der Waals surface area contributed by atoms with Gasteiger partial charge in [-0.3, -0.25) is 34.2 Å². The second-order valence-electron chi connectivity index (χ2n) is 18.7. The summed E-state index contributed by atoms with van der Waals surface area (Å²) in [6, 6.07) is 8.28. The van der Waals surface area contributed by atoms with Crippen molar-refractivity contribution in [3.8, 4) is 0 Å². The van der Waals surface area contributed by atoms with Gasteiger partial charge in [0.1, 0.15) is 23.8 Å². The van der Waals surface area contributed by atoms with Crippen LogP contribution in [-0.4, -0.2) is 136 Å². The number of nitrogens with one attached hydrogen (secondary N) is 3. The molecule has 66 heavy (non-hydrogen) atoms. The molecule has 5 aliphatic heterocycles. The van der Waals surface area contributed by atoms with Gasteiger partial charge in [-0.2, -0.15) is 4.98 Å². The summed E-state index contributed by atoms with van der Waals surface area (Å²) in [6.07, 6.45) is 11.9. The van der Waals surface area contributed by atoms with E-state index in [0.717, 1.165) is 92.7 Å². The summed E-state index contributed by atoms with van der Waals surface area (Å²) >= 11 is 0. The van der Waals surface area contributed by atoms with E-state index in [-0.39, 0.29) is 37.4 Å². The Morgan fingerprint density at radius 2 is 1.67 bits per heavy atom. The largest absolute Gasteiger partial charge is 0.378 e. The molecule has 0 aliphatic carbocycles. The van der Waals surface area contributed by atoms with Crippen molar-refractivity contribution in [3.63, 3.8) is 0 Å². The normalized spacial score (nSPS) is 22.4. The molecule has 5 amide bonds. The van der Waals surface area contributed by atoms with Gasteiger partial charge in [-0.25, -0.2) is 14.4 Å². The fraction of sp³-hybridized carbons (Fsp3) is 0.542. The standard InChI is InChI=1S/C48H60FN11O6/c1-29(2)59-27-36(35-26-51-42(25-39(35)59)53-41-11-17-50-48(54-41)58-23-16-40(66-3)37(49)28-58)44(62)52-31-14-19-56(20-15-31)18-5-4-6-30-12-21-57(22-13-30)32-7-8-33-34(24-32)47(65)60(46(33)64)38-9-10-43(61)55-45(38)63/h7-8,11,17,24-27,29-31,37-38,40H,4-6,9-10,12-16,18-23,28H2,1-3H3,(H,52,62)(H,55,61,63)(H,50,51,53,54)/t37-,38?,40+/m1/s1. The minimum absolute atomic E-state index is 0.0913. The molecule has 9 rings (SSSR count). The zero-order valence-corrected chi connectivity index (χ0v) is 38.0. The van der Waals surface area contributed by atoms with Gasteiger partial charge in [-0.05, 0) is 95.5 Å². The van der Waals surface area contributed by atoms with Gasteiger partial charge in [-0.15, -0.1) is 0 Å². The second-order valence-corrected chi connectivity index (χ2v) is 18.7. The number of hydrogen-bond donors (Lipinski definition) is 3. The third-order valence-corrected chi connectivity index (χ3v) is 14.1. The number of carbonyl (C=O) groups excluding carboxylic acids is 5. The van der Waals surface area contributed by atoms with E-state index < -0.39 is 41.9 Å². The highest BCUT2D eigenvalue weighted by Crippen LogP contribution is 2.34. The van der Waals surface area contributed by atoms with Crippen molar-refractivity contribution < 1.29 is 33.1 Å². The highest BCUT2D eigenvalue weighted by Gasteiger charge is 2.45. The summed E-state index contributed by atoms with van der Waals surface area (Å²) in [5.74, 6) is 0.152. The first-order valence-corrected chi connectivity index (χ1v) is 23.6. The number of hydrogen-bond acceptors (Lipinski definition) is 13. The molecule has 5 aliphatic rings. The number of rotatable bonds is 14. The van der Waals surface area contributed by atoms with Gasteiger partial charge in [0.15, 0.2) is 0 Å². The first-order chi connectivity index (χ1) is 31.9. The van der Waals surface area contributed by atoms with E-state index in [1.165, 1.54) is 13.5 Å². The predicted octanol–water partition coefficient (Wildman–Crippen LogP) is 5.40. The molecule has 3 N–H and O–H groups in total. The maximum Gasteiger partial charge on any atom is 0.262 e. The lowest BCUT2D eigenvalue weighted by atomic mass is 9.91. The van der Waals surface area contributed by atoms with E-state index in [1.807, 2.05) is 23.2 Å². The Bertz CT molecular complexity index is 2480. The zero-order valence-electron chi connectivity index (χ0n) is 38.0. The van der Waals surface area contributed by atoms with E-state index in [4.69, 9.17) is 4.74 Å². The van der Waals surface area contributed by atoms with Crippen LogP contribution >= 0.6 is 0 Å². The minimum atomic E-state index is -1.12. The van der Waals surface area contributed by atoms with Gasteiger partial charge >= 0.3 is 0 Å². The highest BCUT2D eigenvalue weighted by molar-refractivity contribution is 6.23. The number of halogens is 1. The van der Waals surface area contributed by atoms with Crippen LogP contribution in [-0.2, 0) is 14.3 Å². The van der Waals surface area contributed by atoms with Crippen molar-refractivity contribution in [2.24, 2.45) is 5.92 Å². The molecule has 8 heterocycles. The molecule has 4 fully saturated rings. The number of likely N-dealkylation sites (tertiary alicyclic amines) is 1. The highest BCUT2D eigenvalue weighted by atomic mass is 19.1. The molecular weight excluding hydrogens is 846 g/mol. The van der Waals surface area contributed by atoms with Crippen LogP contribution in [0, 0.1) is 5.92 Å². The van der Waals surface area contributed by atoms with Crippen molar-refractivity contribution in [3.05, 3.63) is 65.6 Å². The van der Waals surface area contributed by atoms with Crippen LogP contribution in [0.2, 0.25) is 0 Å². The van der Waals surface area contributed by atoms with Crippen LogP contribution in [0.3, 0.4) is 0 Å². The Hall–Kier alpha value is -6.01. The minimum Gasteiger partial charge on any atom is -0.378 e. The summed E-state index contributed by atoms with van der Waals surface area (Å²) in [4.78, 5) is 85.7. The first-order valence-electron chi connectivity index (χ1n) is 23.6. The number of piperidine rings is 4. The Labute approximate surface area is 383 Å². The molecule has 18 heteroatoms. The van der Waals surface area contributed by atoms with E-state index >= 15 is 0 Å². The number of imide groups is 2. The molecular formula is C48H60FN11O6. The predicted molar refractivity (Wildman–Crippen MR) is 247 cm³/mol. The molecule has 4 saturated heterocycles. The van der Waals surface area contributed by atoms with E-state index in [9.17, 15) is 28.4 Å². The van der Waals surface area contributed by atoms with Crippen LogP contribution in [0.25, 0.3) is 10.9 Å². The molecule has 0 radical (unpaired) electrons. The molecule has 350 valence electrons. The van der Waals surface area contributed by atoms with E-state index in [1.54, 1.807) is 30.6 Å². The lowest BCUT2D eigenvalue weighted by Gasteiger charge is -2.34. The maximum atomic E-state index is 14.6. The number of nitrogens with zero attached hydrogens (tertiary/aromatic N) is 8. The van der Waals surface area contributed by atoms with Gasteiger partial charge < -0.3 is 34.6 Å². The maximum absolute atomic E-state index is 14.6. The number of amides is 5. The van der Waals surface area contributed by atoms with Crippen molar-refractivity contribution in [2.45, 2.75) is 108 Å². The summed E-state index contributed by atoms with van der Waals surface area (Å²) in [5, 5.41) is 9.63. The van der Waals surface area contributed by atoms with Crippen molar-refractivity contribution >= 4 is 63.7 Å². The summed E-state index contributed by atoms with van der Waals surface area (Å²) in [6.45, 7) is 9.62. The molecule has 3 atom stereocenters. The fourth-order valence-electron chi connectivity index (χ4n) is 10.3. The van der Waals surface area contributed by atoms with Crippen LogP contribution in [0.4, 0.5) is 27.7 Å². The van der Waals surface area contributed by atoms with Crippen molar-refractivity contribution in [1.29, 1.82) is 0 Å². The lowest BCUT2D eigenvalue weighted by molar-refractivity contribution is -0.136. The average Bonchev–Trinajstić information content (AvgIpc) is 3.82. The Morgan fingerprint density at radius 1 is 0.894 bits per heavy atom. The van der Waals surface area contributed by atoms with Crippen molar-refractivity contribution in [1.82, 2.24) is 40.0 Å². The number of anilines is 4. The number of fused-ring (bicyclic) bond motifs is 2. The lowest BCUT2D eigenvalue weighted by Crippen LogP contribution is -2.54. The Morgan fingerprint density at radius 3 is 2.41 bits per heavy atom. The number of alkyl halides is 1. The number of ether oxygens (including phenoxy) is 1. The van der Waals surface area contributed by atoms with Crippen LogP contribution in [0.5, 0.6) is 0 Å². The number of aromatic nitrogens is 4. The van der Waals surface area contributed by atoms with E-state index in [0.29, 0.717) is 53.2 Å². The van der Waals surface area contributed by atoms with Gasteiger partial charge in [0.2, 0.25) is 17.8 Å². The van der Waals surface area contributed by atoms with E-state index in [2.05, 4.69) is 59.1 Å². The summed E-state index contributed by atoms with van der Waals surface area (Å²) in [7, 11) is 1.54. The Balaban J connectivity index is 0.707. The van der Waals surface area contributed by atoms with Crippen LogP contribution < -0.4 is 25.8 Å². The Kier molecular flexibility index (Phi) is 13.3. The third kappa shape index (κ3) is 9.47. The molecule has 0 spiro atoms. The molecule has 1 unspecified atom stereocenters. The summed E-state index contributed by atoms with van der Waals surface area (Å²) < 4.78 is 22.0.